The summed E-state index contributed by atoms with van der Waals surface area (Å²) in [6.07, 6.45) is 0. The molecular weight excluding hydrogens is 216 g/mol. The van der Waals surface area contributed by atoms with Gasteiger partial charge in [-0.25, -0.2) is 4.98 Å². The molecule has 1 atom stereocenters. The maximum Gasteiger partial charge on any atom is 0.126 e. The van der Waals surface area contributed by atoms with Gasteiger partial charge in [-0.1, -0.05) is 13.0 Å². The highest BCUT2D eigenvalue weighted by Gasteiger charge is 2.05. The Labute approximate surface area is 100 Å². The van der Waals surface area contributed by atoms with Crippen LogP contribution >= 0.6 is 11.3 Å². The molecule has 0 spiro atoms. The highest BCUT2D eigenvalue weighted by atomic mass is 32.1. The van der Waals surface area contributed by atoms with Crippen LogP contribution in [-0.4, -0.2) is 11.5 Å². The van der Waals surface area contributed by atoms with Gasteiger partial charge in [-0.15, -0.1) is 0 Å². The topological polar surface area (TPSA) is 24.9 Å². The van der Waals surface area contributed by atoms with Crippen molar-refractivity contribution in [3.63, 3.8) is 0 Å². The van der Waals surface area contributed by atoms with E-state index in [1.54, 1.807) is 11.3 Å². The van der Waals surface area contributed by atoms with Gasteiger partial charge in [0.05, 0.1) is 0 Å². The fourth-order valence-corrected chi connectivity index (χ4v) is 2.35. The fraction of sp³-hybridized carbons (Fsp3) is 0.308. The fourth-order valence-electron chi connectivity index (χ4n) is 1.57. The van der Waals surface area contributed by atoms with E-state index in [9.17, 15) is 0 Å². The van der Waals surface area contributed by atoms with Gasteiger partial charge in [-0.05, 0) is 47.4 Å². The number of hydrogen-bond acceptors (Lipinski definition) is 3. The van der Waals surface area contributed by atoms with E-state index in [0.29, 0.717) is 5.92 Å². The van der Waals surface area contributed by atoms with Gasteiger partial charge in [0.15, 0.2) is 0 Å². The van der Waals surface area contributed by atoms with Crippen molar-refractivity contribution in [3.8, 4) is 0 Å². The first kappa shape index (κ1) is 11.1. The van der Waals surface area contributed by atoms with Crippen molar-refractivity contribution < 1.29 is 0 Å². The van der Waals surface area contributed by atoms with Crippen molar-refractivity contribution in [2.24, 2.45) is 0 Å². The van der Waals surface area contributed by atoms with Crippen LogP contribution in [0.15, 0.2) is 35.0 Å². The van der Waals surface area contributed by atoms with E-state index >= 15 is 0 Å². The third-order valence-electron chi connectivity index (χ3n) is 2.59. The number of pyridine rings is 1. The molecule has 2 rings (SSSR count). The molecule has 1 N–H and O–H groups in total. The van der Waals surface area contributed by atoms with Crippen LogP contribution in [0.4, 0.5) is 5.82 Å². The number of nitrogens with zero attached hydrogens (tertiary/aromatic N) is 1. The number of hydrogen-bond donors (Lipinski definition) is 1. The lowest BCUT2D eigenvalue weighted by atomic mass is 10.1. The van der Waals surface area contributed by atoms with Crippen LogP contribution in [0.25, 0.3) is 0 Å². The standard InChI is InChI=1S/C13H16N2S/c1-10(12-6-7-16-9-12)8-14-13-5-3-4-11(2)15-13/h3-7,9-10H,8H2,1-2H3,(H,14,15). The van der Waals surface area contributed by atoms with E-state index in [0.717, 1.165) is 18.1 Å². The number of nitrogens with one attached hydrogen (secondary N) is 1. The predicted octanol–water partition coefficient (Wildman–Crippen LogP) is 3.67. The Hall–Kier alpha value is -1.35. The minimum absolute atomic E-state index is 0.522. The maximum atomic E-state index is 4.42. The van der Waals surface area contributed by atoms with Crippen LogP contribution in [0.3, 0.4) is 0 Å². The first-order valence-electron chi connectivity index (χ1n) is 5.45. The third-order valence-corrected chi connectivity index (χ3v) is 3.29. The minimum Gasteiger partial charge on any atom is -0.369 e. The zero-order valence-electron chi connectivity index (χ0n) is 9.60. The number of rotatable bonds is 4. The molecule has 2 aromatic rings. The predicted molar refractivity (Wildman–Crippen MR) is 70.2 cm³/mol. The Kier molecular flexibility index (Phi) is 3.57. The van der Waals surface area contributed by atoms with Crippen LogP contribution in [-0.2, 0) is 0 Å². The summed E-state index contributed by atoms with van der Waals surface area (Å²) in [4.78, 5) is 4.42. The highest BCUT2D eigenvalue weighted by molar-refractivity contribution is 7.07. The van der Waals surface area contributed by atoms with Crippen LogP contribution < -0.4 is 5.32 Å². The molecule has 0 aromatic carbocycles. The lowest BCUT2D eigenvalue weighted by molar-refractivity contribution is 0.805. The molecule has 16 heavy (non-hydrogen) atoms. The van der Waals surface area contributed by atoms with E-state index in [4.69, 9.17) is 0 Å². The second kappa shape index (κ2) is 5.12. The quantitative estimate of drug-likeness (QED) is 0.870. The summed E-state index contributed by atoms with van der Waals surface area (Å²) in [5, 5.41) is 7.69. The number of anilines is 1. The van der Waals surface area contributed by atoms with E-state index in [1.807, 2.05) is 25.1 Å². The minimum atomic E-state index is 0.522. The van der Waals surface area contributed by atoms with Crippen molar-refractivity contribution in [1.82, 2.24) is 4.98 Å². The summed E-state index contributed by atoms with van der Waals surface area (Å²) in [5.41, 5.74) is 2.44. The molecule has 2 nitrogen and oxygen atoms in total. The molecule has 0 saturated carbocycles. The van der Waals surface area contributed by atoms with Crippen molar-refractivity contribution in [3.05, 3.63) is 46.3 Å². The van der Waals surface area contributed by atoms with Gasteiger partial charge in [0.25, 0.3) is 0 Å². The lowest BCUT2D eigenvalue weighted by Crippen LogP contribution is -2.10. The zero-order chi connectivity index (χ0) is 11.4. The van der Waals surface area contributed by atoms with Crippen molar-refractivity contribution in [2.75, 3.05) is 11.9 Å². The zero-order valence-corrected chi connectivity index (χ0v) is 10.4. The first-order chi connectivity index (χ1) is 7.75. The summed E-state index contributed by atoms with van der Waals surface area (Å²) in [7, 11) is 0. The number of aromatic nitrogens is 1. The lowest BCUT2D eigenvalue weighted by Gasteiger charge is -2.11. The average Bonchev–Trinajstić information content (AvgIpc) is 2.79. The van der Waals surface area contributed by atoms with Gasteiger partial charge in [-0.2, -0.15) is 11.3 Å². The molecule has 2 aromatic heterocycles. The monoisotopic (exact) mass is 232 g/mol. The Balaban J connectivity index is 1.92. The average molecular weight is 232 g/mol. The molecule has 0 bridgehead atoms. The molecule has 0 radical (unpaired) electrons. The van der Waals surface area contributed by atoms with Crippen molar-refractivity contribution in [1.29, 1.82) is 0 Å². The number of aryl methyl sites for hydroxylation is 1. The third kappa shape index (κ3) is 2.83. The Morgan fingerprint density at radius 3 is 2.94 bits per heavy atom. The molecule has 0 aliphatic rings. The summed E-state index contributed by atoms with van der Waals surface area (Å²) in [5.74, 6) is 1.48. The molecule has 0 saturated heterocycles. The van der Waals surface area contributed by atoms with E-state index < -0.39 is 0 Å². The van der Waals surface area contributed by atoms with Crippen LogP contribution in [0.5, 0.6) is 0 Å². The van der Waals surface area contributed by atoms with Gasteiger partial charge < -0.3 is 5.32 Å². The van der Waals surface area contributed by atoms with Gasteiger partial charge >= 0.3 is 0 Å². The van der Waals surface area contributed by atoms with E-state index in [2.05, 4.69) is 34.1 Å². The number of thiophene rings is 1. The second-order valence-electron chi connectivity index (χ2n) is 4.00. The summed E-state index contributed by atoms with van der Waals surface area (Å²) < 4.78 is 0. The second-order valence-corrected chi connectivity index (χ2v) is 4.78. The molecule has 1 unspecified atom stereocenters. The summed E-state index contributed by atoms with van der Waals surface area (Å²) in [6, 6.07) is 8.22. The van der Waals surface area contributed by atoms with E-state index in [1.165, 1.54) is 5.56 Å². The molecule has 0 fully saturated rings. The summed E-state index contributed by atoms with van der Waals surface area (Å²) >= 11 is 1.75. The molecule has 2 heterocycles. The first-order valence-corrected chi connectivity index (χ1v) is 6.39. The van der Waals surface area contributed by atoms with Crippen molar-refractivity contribution in [2.45, 2.75) is 19.8 Å². The van der Waals surface area contributed by atoms with E-state index in [-0.39, 0.29) is 0 Å². The molecule has 0 amide bonds. The smallest absolute Gasteiger partial charge is 0.126 e. The molecule has 84 valence electrons. The van der Waals surface area contributed by atoms with Gasteiger partial charge in [0, 0.05) is 12.2 Å². The normalized spacial score (nSPS) is 12.4. The molecule has 0 aliphatic carbocycles. The van der Waals surface area contributed by atoms with Crippen LogP contribution in [0.2, 0.25) is 0 Å². The van der Waals surface area contributed by atoms with Crippen LogP contribution in [0.1, 0.15) is 24.1 Å². The Morgan fingerprint density at radius 2 is 2.25 bits per heavy atom. The Morgan fingerprint density at radius 1 is 1.38 bits per heavy atom. The van der Waals surface area contributed by atoms with Gasteiger partial charge in [0.1, 0.15) is 5.82 Å². The summed E-state index contributed by atoms with van der Waals surface area (Å²) in [6.45, 7) is 5.16. The van der Waals surface area contributed by atoms with Gasteiger partial charge in [-0.3, -0.25) is 0 Å². The Bertz CT molecular complexity index is 437. The maximum absolute atomic E-state index is 4.42. The molecule has 3 heteroatoms. The van der Waals surface area contributed by atoms with Crippen LogP contribution in [0, 0.1) is 6.92 Å². The van der Waals surface area contributed by atoms with Crippen molar-refractivity contribution >= 4 is 17.2 Å². The highest BCUT2D eigenvalue weighted by Crippen LogP contribution is 2.18. The molecular formula is C13H16N2S. The molecule has 0 aliphatic heterocycles. The largest absolute Gasteiger partial charge is 0.369 e. The van der Waals surface area contributed by atoms with Gasteiger partial charge in [0.2, 0.25) is 0 Å². The SMILES string of the molecule is Cc1cccc(NCC(C)c2ccsc2)n1.